The molecule has 1 unspecified atom stereocenters. The van der Waals surface area contributed by atoms with Crippen LogP contribution < -0.4 is 16.1 Å². The Bertz CT molecular complexity index is 1280. The average Bonchev–Trinajstić information content (AvgIpc) is 3.12. The third kappa shape index (κ3) is 4.31. The number of hydrogen-bond acceptors (Lipinski definition) is 7. The summed E-state index contributed by atoms with van der Waals surface area (Å²) in [4.78, 5) is 39.1. The van der Waals surface area contributed by atoms with E-state index in [1.54, 1.807) is 0 Å². The largest absolute Gasteiger partial charge is 0.603 e. The topological polar surface area (TPSA) is 137 Å². The van der Waals surface area contributed by atoms with Gasteiger partial charge in [-0.2, -0.15) is 4.52 Å². The van der Waals surface area contributed by atoms with Crippen LogP contribution >= 0.6 is 8.00 Å². The second-order valence-electron chi connectivity index (χ2n) is 7.54. The first-order valence-corrected chi connectivity index (χ1v) is 11.3. The molecule has 1 saturated heterocycles. The van der Waals surface area contributed by atoms with Gasteiger partial charge in [0.2, 0.25) is 19.5 Å². The molecule has 1 aliphatic heterocycles. The zero-order valence-electron chi connectivity index (χ0n) is 17.3. The van der Waals surface area contributed by atoms with E-state index in [2.05, 4.69) is 4.98 Å². The molecule has 0 radical (unpaired) electrons. The van der Waals surface area contributed by atoms with Gasteiger partial charge in [0.25, 0.3) is 5.56 Å². The van der Waals surface area contributed by atoms with E-state index in [-0.39, 0.29) is 17.5 Å². The Balaban J connectivity index is 1.60. The molecule has 10 heteroatoms. The van der Waals surface area contributed by atoms with E-state index in [1.165, 1.54) is 13.1 Å². The van der Waals surface area contributed by atoms with Crippen LogP contribution in [-0.4, -0.2) is 50.5 Å². The van der Waals surface area contributed by atoms with E-state index in [0.717, 1.165) is 20.9 Å². The van der Waals surface area contributed by atoms with Crippen LogP contribution in [0.5, 0.6) is 0 Å². The van der Waals surface area contributed by atoms with Crippen LogP contribution in [0, 0.1) is 6.92 Å². The molecule has 0 saturated carbocycles. The van der Waals surface area contributed by atoms with E-state index in [1.807, 2.05) is 42.5 Å². The van der Waals surface area contributed by atoms with E-state index < -0.39 is 44.3 Å². The van der Waals surface area contributed by atoms with Crippen LogP contribution in [0.1, 0.15) is 17.4 Å². The molecule has 0 spiro atoms. The number of rotatable bonds is 6. The molecule has 0 aliphatic carbocycles. The Morgan fingerprint density at radius 1 is 1.22 bits per heavy atom. The molecular weight excluding hydrogens is 435 g/mol. The minimum atomic E-state index is -2.56. The minimum Gasteiger partial charge on any atom is -0.603 e. The van der Waals surface area contributed by atoms with Crippen molar-refractivity contribution in [2.45, 2.75) is 31.8 Å². The zero-order chi connectivity index (χ0) is 22.8. The van der Waals surface area contributed by atoms with Crippen molar-refractivity contribution in [2.24, 2.45) is 0 Å². The monoisotopic (exact) mass is 458 g/mol. The number of nitrogens with zero attached hydrogens (tertiary/aromatic N) is 1. The van der Waals surface area contributed by atoms with E-state index in [4.69, 9.17) is 9.26 Å². The Morgan fingerprint density at radius 3 is 2.75 bits per heavy atom. The number of aliphatic hydroxyl groups excluding tert-OH is 2. The number of aromatic amines is 1. The molecule has 168 valence electrons. The Morgan fingerprint density at radius 2 is 1.97 bits per heavy atom. The van der Waals surface area contributed by atoms with Crippen molar-refractivity contribution >= 4 is 24.1 Å². The standard InChI is InChI=1S/C22H23N2O7P/c1-13-11-24(22(28)23-20(13)27)21-19(18(26)17(12-25)31-21)32(29)30-10-9-15-7-4-6-14-5-2-3-8-16(14)15/h2-8,11,17-18,21,25-26H,9-10,12H2,1H3,(H,23,27,28)/t17-,18-,21-/m1/s1. The molecule has 0 amide bonds. The van der Waals surface area contributed by atoms with Crippen molar-refractivity contribution in [1.82, 2.24) is 9.55 Å². The molecule has 32 heavy (non-hydrogen) atoms. The third-order valence-electron chi connectivity index (χ3n) is 5.46. The maximum Gasteiger partial charge on any atom is 0.330 e. The van der Waals surface area contributed by atoms with Crippen molar-refractivity contribution in [3.63, 3.8) is 0 Å². The summed E-state index contributed by atoms with van der Waals surface area (Å²) in [6, 6.07) is 13.8. The summed E-state index contributed by atoms with van der Waals surface area (Å²) in [7, 11) is -2.56. The number of benzene rings is 2. The van der Waals surface area contributed by atoms with Gasteiger partial charge in [-0.25, -0.2) is 4.79 Å². The fourth-order valence-corrected chi connectivity index (χ4v) is 4.93. The third-order valence-corrected chi connectivity index (χ3v) is 6.79. The molecule has 2 heterocycles. The quantitative estimate of drug-likeness (QED) is 0.454. The summed E-state index contributed by atoms with van der Waals surface area (Å²) in [6.45, 7) is 1.07. The molecule has 1 aliphatic rings. The first kappa shape index (κ1) is 22.5. The van der Waals surface area contributed by atoms with Gasteiger partial charge in [-0.3, -0.25) is 14.3 Å². The lowest BCUT2D eigenvalue weighted by Gasteiger charge is -2.14. The number of fused-ring (bicyclic) bond motifs is 1. The second kappa shape index (κ2) is 9.46. The lowest BCUT2D eigenvalue weighted by Crippen LogP contribution is -2.36. The molecule has 3 N–H and O–H groups in total. The molecule has 4 rings (SSSR count). The maximum absolute atomic E-state index is 13.0. The lowest BCUT2D eigenvalue weighted by molar-refractivity contribution is -0.172. The van der Waals surface area contributed by atoms with Gasteiger partial charge in [-0.15, -0.1) is 0 Å². The van der Waals surface area contributed by atoms with Crippen LogP contribution in [0.2, 0.25) is 0 Å². The van der Waals surface area contributed by atoms with Gasteiger partial charge in [0.05, 0.1) is 6.61 Å². The highest BCUT2D eigenvalue weighted by atomic mass is 31.1. The summed E-state index contributed by atoms with van der Waals surface area (Å²) < 4.78 is 12.2. The van der Waals surface area contributed by atoms with Gasteiger partial charge in [-0.1, -0.05) is 42.5 Å². The van der Waals surface area contributed by atoms with Gasteiger partial charge in [0.1, 0.15) is 18.8 Å². The number of nitrogens with one attached hydrogen (secondary N) is 1. The molecule has 3 aromatic rings. The molecule has 1 aromatic heterocycles. The summed E-state index contributed by atoms with van der Waals surface area (Å²) in [5.41, 5.74) is -0.0765. The molecule has 4 atom stereocenters. The highest BCUT2D eigenvalue weighted by Crippen LogP contribution is 2.34. The van der Waals surface area contributed by atoms with Gasteiger partial charge in [-0.05, 0) is 23.3 Å². The summed E-state index contributed by atoms with van der Waals surface area (Å²) >= 11 is 0. The molecule has 1 fully saturated rings. The Hall–Kier alpha value is -2.65. The van der Waals surface area contributed by atoms with Crippen LogP contribution in [0.15, 0.2) is 58.3 Å². The predicted molar refractivity (Wildman–Crippen MR) is 119 cm³/mol. The fourth-order valence-electron chi connectivity index (χ4n) is 3.78. The van der Waals surface area contributed by atoms with Gasteiger partial charge in [0.15, 0.2) is 0 Å². The number of H-pyrrole nitrogens is 1. The van der Waals surface area contributed by atoms with Crippen LogP contribution in [0.25, 0.3) is 10.8 Å². The zero-order valence-corrected chi connectivity index (χ0v) is 18.2. The summed E-state index contributed by atoms with van der Waals surface area (Å²) in [5.74, 6) is 0. The first-order valence-electron chi connectivity index (χ1n) is 10.1. The fraction of sp³-hybridized carbons (Fsp3) is 0.318. The highest BCUT2D eigenvalue weighted by molar-refractivity contribution is 7.47. The molecule has 9 nitrogen and oxygen atoms in total. The van der Waals surface area contributed by atoms with Crippen LogP contribution in [-0.2, 0) is 15.7 Å². The van der Waals surface area contributed by atoms with Crippen LogP contribution in [0.3, 0.4) is 0 Å². The van der Waals surface area contributed by atoms with E-state index >= 15 is 0 Å². The average molecular weight is 458 g/mol. The summed E-state index contributed by atoms with van der Waals surface area (Å²) in [6.07, 6.45) is -1.97. The van der Waals surface area contributed by atoms with Crippen molar-refractivity contribution in [3.05, 3.63) is 80.6 Å². The van der Waals surface area contributed by atoms with Crippen molar-refractivity contribution in [2.75, 3.05) is 13.2 Å². The van der Waals surface area contributed by atoms with E-state index in [0.29, 0.717) is 6.42 Å². The second-order valence-corrected chi connectivity index (χ2v) is 8.83. The number of aromatic nitrogens is 2. The maximum atomic E-state index is 13.0. The SMILES string of the molecule is Cc1cn([C@@H]2O[C@H](CO)[C@@H](O)/C2=[P+](\[O-])OCCc2cccc3ccccc23)c(=O)[nH]c1=O. The smallest absolute Gasteiger partial charge is 0.330 e. The number of ether oxygens (including phenoxy) is 1. The van der Waals surface area contributed by atoms with E-state index in [9.17, 15) is 24.7 Å². The van der Waals surface area contributed by atoms with Gasteiger partial charge in [0, 0.05) is 18.2 Å². The number of aryl methyl sites for hydroxylation is 1. The van der Waals surface area contributed by atoms with Gasteiger partial charge >= 0.3 is 5.69 Å². The molecule has 2 aromatic carbocycles. The van der Waals surface area contributed by atoms with Gasteiger partial charge < -0.3 is 19.8 Å². The first-order chi connectivity index (χ1) is 15.4. The highest BCUT2D eigenvalue weighted by Gasteiger charge is 2.47. The minimum absolute atomic E-state index is 0.0643. The summed E-state index contributed by atoms with van der Waals surface area (Å²) in [5, 5.41) is 22.2. The normalized spacial score (nSPS) is 22.4. The van der Waals surface area contributed by atoms with Crippen molar-refractivity contribution < 1.29 is 24.4 Å². The molecule has 0 bridgehead atoms. The van der Waals surface area contributed by atoms with Crippen LogP contribution in [0.4, 0.5) is 0 Å². The van der Waals surface area contributed by atoms with Crippen molar-refractivity contribution in [1.29, 1.82) is 0 Å². The Kier molecular flexibility index (Phi) is 6.66. The predicted octanol–water partition coefficient (Wildman–Crippen LogP) is 0.353. The number of aliphatic hydroxyl groups is 2. The number of hydrogen-bond donors (Lipinski definition) is 3. The van der Waals surface area contributed by atoms with Crippen molar-refractivity contribution in [3.8, 4) is 0 Å². The Labute approximate surface area is 184 Å². The molecular formula is C22H23N2O7P. The lowest BCUT2D eigenvalue weighted by atomic mass is 10.0.